The van der Waals surface area contributed by atoms with Crippen LogP contribution in [0.25, 0.3) is 10.2 Å². The minimum Gasteiger partial charge on any atom is -0.478 e. The van der Waals surface area contributed by atoms with Gasteiger partial charge in [-0.2, -0.15) is 0 Å². The van der Waals surface area contributed by atoms with E-state index in [0.717, 1.165) is 43.2 Å². The van der Waals surface area contributed by atoms with Gasteiger partial charge in [0.05, 0.1) is 16.3 Å². The summed E-state index contributed by atoms with van der Waals surface area (Å²) in [4.78, 5) is 47.8. The van der Waals surface area contributed by atoms with Crippen molar-refractivity contribution in [2.75, 3.05) is 37.6 Å². The van der Waals surface area contributed by atoms with E-state index >= 15 is 0 Å². The Morgan fingerprint density at radius 2 is 1.25 bits per heavy atom. The number of aliphatic carboxylic acids is 4. The molecule has 13 heteroatoms. The Labute approximate surface area is 233 Å². The number of rotatable bonds is 8. The average Bonchev–Trinajstić information content (AvgIpc) is 3.37. The zero-order chi connectivity index (χ0) is 29.5. The predicted molar refractivity (Wildman–Crippen MR) is 150 cm³/mol. The van der Waals surface area contributed by atoms with Gasteiger partial charge in [-0.25, -0.2) is 24.2 Å². The molecule has 4 rings (SSSR count). The monoisotopic (exact) mass is 570 g/mol. The highest BCUT2D eigenvalue weighted by Crippen LogP contribution is 2.26. The number of anilines is 1. The van der Waals surface area contributed by atoms with Gasteiger partial charge in [-0.05, 0) is 24.3 Å². The highest BCUT2D eigenvalue weighted by atomic mass is 32.1. The van der Waals surface area contributed by atoms with E-state index in [4.69, 9.17) is 31.1 Å². The summed E-state index contributed by atoms with van der Waals surface area (Å²) < 4.78 is 1.22. The van der Waals surface area contributed by atoms with Crippen molar-refractivity contribution in [1.29, 1.82) is 0 Å². The standard InChI is InChI=1S/C19H22N4S.2C4H4O4/c20-16(19-21-17-8-4-5-9-18(17)24-19)14-22-10-12-23(13-11-22)15-6-2-1-3-7-15;2*5-3(6)1-2-4(7)8/h1-9,16H,10-14,20H2;2*1-2H,(H,5,6)(H,7,8)/b;2*2-1+. The van der Waals surface area contributed by atoms with E-state index in [9.17, 15) is 19.2 Å². The largest absolute Gasteiger partial charge is 0.478 e. The Morgan fingerprint density at radius 3 is 1.73 bits per heavy atom. The molecule has 0 aliphatic carbocycles. The second-order valence-corrected chi connectivity index (χ2v) is 9.33. The first-order valence-corrected chi connectivity index (χ1v) is 12.8. The molecule has 1 saturated heterocycles. The topological polar surface area (TPSA) is 195 Å². The minimum absolute atomic E-state index is 0.00863. The smallest absolute Gasteiger partial charge is 0.328 e. The van der Waals surface area contributed by atoms with Crippen molar-refractivity contribution >= 4 is 51.1 Å². The number of nitrogens with two attached hydrogens (primary N) is 1. The Hall–Kier alpha value is -4.59. The third-order valence-corrected chi connectivity index (χ3v) is 6.48. The van der Waals surface area contributed by atoms with Crippen LogP contribution in [0.4, 0.5) is 5.69 Å². The molecule has 3 aromatic rings. The molecule has 0 radical (unpaired) electrons. The van der Waals surface area contributed by atoms with Crippen molar-refractivity contribution in [3.05, 3.63) is 83.9 Å². The Kier molecular flexibility index (Phi) is 13.0. The molecule has 1 unspecified atom stereocenters. The number of carboxylic acids is 4. The molecular formula is C27H30N4O8S. The molecule has 40 heavy (non-hydrogen) atoms. The number of carbonyl (C=O) groups is 4. The van der Waals surface area contributed by atoms with E-state index in [-0.39, 0.29) is 6.04 Å². The molecule has 1 fully saturated rings. The van der Waals surface area contributed by atoms with Crippen LogP contribution in [0.5, 0.6) is 0 Å². The molecule has 0 saturated carbocycles. The number of nitrogens with zero attached hydrogens (tertiary/aromatic N) is 3. The van der Waals surface area contributed by atoms with E-state index in [0.29, 0.717) is 24.3 Å². The number of thiazole rings is 1. The normalized spacial score (nSPS) is 14.2. The molecule has 0 bridgehead atoms. The van der Waals surface area contributed by atoms with Gasteiger partial charge in [0.2, 0.25) is 0 Å². The summed E-state index contributed by atoms with van der Waals surface area (Å²) in [6.45, 7) is 5.08. The van der Waals surface area contributed by atoms with Crippen LogP contribution in [-0.2, 0) is 19.2 Å². The van der Waals surface area contributed by atoms with Crippen molar-refractivity contribution in [1.82, 2.24) is 9.88 Å². The maximum absolute atomic E-state index is 9.55. The number of aromatic nitrogens is 1. The van der Waals surface area contributed by atoms with Gasteiger partial charge in [-0.3, -0.25) is 4.90 Å². The van der Waals surface area contributed by atoms with Gasteiger partial charge in [0.1, 0.15) is 5.01 Å². The lowest BCUT2D eigenvalue weighted by molar-refractivity contribution is -0.134. The lowest BCUT2D eigenvalue weighted by Crippen LogP contribution is -2.48. The molecule has 1 aliphatic rings. The summed E-state index contributed by atoms with van der Waals surface area (Å²) in [5, 5.41) is 32.3. The first-order chi connectivity index (χ1) is 19.0. The molecule has 2 aromatic carbocycles. The van der Waals surface area contributed by atoms with E-state index in [1.165, 1.54) is 10.4 Å². The number of fused-ring (bicyclic) bond motifs is 1. The average molecular weight is 571 g/mol. The van der Waals surface area contributed by atoms with Crippen LogP contribution in [0.3, 0.4) is 0 Å². The maximum atomic E-state index is 9.55. The van der Waals surface area contributed by atoms with Crippen molar-refractivity contribution < 1.29 is 39.6 Å². The van der Waals surface area contributed by atoms with Crippen LogP contribution in [-0.4, -0.2) is 86.9 Å². The van der Waals surface area contributed by atoms with Crippen molar-refractivity contribution in [3.63, 3.8) is 0 Å². The summed E-state index contributed by atoms with van der Waals surface area (Å²) >= 11 is 1.72. The fraction of sp³-hybridized carbons (Fsp3) is 0.222. The first-order valence-electron chi connectivity index (χ1n) is 12.0. The van der Waals surface area contributed by atoms with E-state index in [1.54, 1.807) is 11.3 Å². The van der Waals surface area contributed by atoms with E-state index < -0.39 is 23.9 Å². The van der Waals surface area contributed by atoms with Crippen LogP contribution in [0.2, 0.25) is 0 Å². The van der Waals surface area contributed by atoms with Gasteiger partial charge in [-0.15, -0.1) is 11.3 Å². The van der Waals surface area contributed by atoms with Gasteiger partial charge in [0, 0.05) is 62.7 Å². The Morgan fingerprint density at radius 1 is 0.775 bits per heavy atom. The summed E-state index contributed by atoms with van der Waals surface area (Å²) in [6.07, 6.45) is 2.23. The van der Waals surface area contributed by atoms with Gasteiger partial charge in [0.15, 0.2) is 0 Å². The van der Waals surface area contributed by atoms with Gasteiger partial charge < -0.3 is 31.1 Å². The Balaban J connectivity index is 0.000000290. The molecule has 12 nitrogen and oxygen atoms in total. The number of para-hydroxylation sites is 2. The molecule has 0 amide bonds. The molecule has 6 N–H and O–H groups in total. The predicted octanol–water partition coefficient (Wildman–Crippen LogP) is 2.54. The van der Waals surface area contributed by atoms with Crippen molar-refractivity contribution in [2.45, 2.75) is 6.04 Å². The third kappa shape index (κ3) is 11.9. The highest BCUT2D eigenvalue weighted by molar-refractivity contribution is 7.18. The molecule has 2 heterocycles. The Bertz CT molecular complexity index is 1240. The molecule has 1 aliphatic heterocycles. The number of hydrogen-bond acceptors (Lipinski definition) is 9. The van der Waals surface area contributed by atoms with Gasteiger partial charge in [-0.1, -0.05) is 30.3 Å². The number of hydrogen-bond donors (Lipinski definition) is 5. The lowest BCUT2D eigenvalue weighted by Gasteiger charge is -2.36. The quantitative estimate of drug-likeness (QED) is 0.249. The SMILES string of the molecule is NC(CN1CCN(c2ccccc2)CC1)c1nc2ccccc2s1.O=C(O)/C=C/C(=O)O.O=C(O)/C=C/C(=O)O. The fourth-order valence-electron chi connectivity index (χ4n) is 3.52. The van der Waals surface area contributed by atoms with E-state index in [2.05, 4.69) is 58.3 Å². The summed E-state index contributed by atoms with van der Waals surface area (Å²) in [7, 11) is 0. The van der Waals surface area contributed by atoms with E-state index in [1.807, 2.05) is 6.07 Å². The lowest BCUT2D eigenvalue weighted by atomic mass is 10.2. The van der Waals surface area contributed by atoms with Crippen LogP contribution < -0.4 is 10.6 Å². The minimum atomic E-state index is -1.26. The number of benzene rings is 2. The van der Waals surface area contributed by atoms with Crippen molar-refractivity contribution in [2.24, 2.45) is 5.73 Å². The van der Waals surface area contributed by atoms with Gasteiger partial charge in [0.25, 0.3) is 0 Å². The number of carboxylic acid groups (broad SMARTS) is 4. The molecule has 0 spiro atoms. The van der Waals surface area contributed by atoms with Crippen molar-refractivity contribution in [3.8, 4) is 0 Å². The zero-order valence-electron chi connectivity index (χ0n) is 21.4. The zero-order valence-corrected chi connectivity index (χ0v) is 22.2. The van der Waals surface area contributed by atoms with Crippen LogP contribution >= 0.6 is 11.3 Å². The molecular weight excluding hydrogens is 540 g/mol. The first kappa shape index (κ1) is 31.6. The molecule has 212 valence electrons. The number of piperazine rings is 1. The molecule has 1 aromatic heterocycles. The second-order valence-electron chi connectivity index (χ2n) is 8.27. The van der Waals surface area contributed by atoms with Gasteiger partial charge >= 0.3 is 23.9 Å². The van der Waals surface area contributed by atoms with Crippen LogP contribution in [0.15, 0.2) is 78.9 Å². The fourth-order valence-corrected chi connectivity index (χ4v) is 4.48. The molecule has 1 atom stereocenters. The summed E-state index contributed by atoms with van der Waals surface area (Å²) in [5.41, 5.74) is 8.80. The van der Waals surface area contributed by atoms with Crippen LogP contribution in [0.1, 0.15) is 11.0 Å². The summed E-state index contributed by atoms with van der Waals surface area (Å²) in [6, 6.07) is 18.9. The van der Waals surface area contributed by atoms with Crippen LogP contribution in [0, 0.1) is 0 Å². The third-order valence-electron chi connectivity index (χ3n) is 5.31. The maximum Gasteiger partial charge on any atom is 0.328 e. The highest BCUT2D eigenvalue weighted by Gasteiger charge is 2.21. The summed E-state index contributed by atoms with van der Waals surface area (Å²) in [5.74, 6) is -5.03. The second kappa shape index (κ2) is 16.4.